The van der Waals surface area contributed by atoms with Crippen molar-refractivity contribution >= 4 is 11.6 Å². The third-order valence-corrected chi connectivity index (χ3v) is 4.18. The van der Waals surface area contributed by atoms with Crippen LogP contribution in [0.4, 0.5) is 5.69 Å². The number of aromatic nitrogens is 2. The fraction of sp³-hybridized carbons (Fsp3) is 0.250. The standard InChI is InChI=1S/C20H19N3O4/c24-19(17-10-5-11-25-17)21-15-7-4-6-14(12-15)20-22-18(23-27-20)13-26-16-8-2-1-3-9-16/h1-4,6-9,12,17H,5,10-11,13H2,(H,21,24)/t17-/m1/s1. The van der Waals surface area contributed by atoms with Crippen LogP contribution in [0.3, 0.4) is 0 Å². The number of carbonyl (C=O) groups is 1. The highest BCUT2D eigenvalue weighted by Crippen LogP contribution is 2.22. The Hall–Kier alpha value is -3.19. The van der Waals surface area contributed by atoms with E-state index in [1.807, 2.05) is 48.5 Å². The summed E-state index contributed by atoms with van der Waals surface area (Å²) in [7, 11) is 0. The summed E-state index contributed by atoms with van der Waals surface area (Å²) in [5.41, 5.74) is 1.38. The van der Waals surface area contributed by atoms with Crippen LogP contribution in [0, 0.1) is 0 Å². The molecule has 1 aliphatic heterocycles. The minimum Gasteiger partial charge on any atom is -0.485 e. The third-order valence-electron chi connectivity index (χ3n) is 4.18. The monoisotopic (exact) mass is 365 g/mol. The minimum absolute atomic E-state index is 0.132. The normalized spacial score (nSPS) is 16.2. The fourth-order valence-electron chi connectivity index (χ4n) is 2.83. The molecule has 1 aromatic heterocycles. The van der Waals surface area contributed by atoms with Gasteiger partial charge in [-0.05, 0) is 43.2 Å². The van der Waals surface area contributed by atoms with E-state index >= 15 is 0 Å². The van der Waals surface area contributed by atoms with Gasteiger partial charge in [0.15, 0.2) is 6.61 Å². The topological polar surface area (TPSA) is 86.5 Å². The Labute approximate surface area is 156 Å². The lowest BCUT2D eigenvalue weighted by molar-refractivity contribution is -0.124. The molecular formula is C20H19N3O4. The van der Waals surface area contributed by atoms with Crippen molar-refractivity contribution in [3.05, 3.63) is 60.4 Å². The van der Waals surface area contributed by atoms with Gasteiger partial charge < -0.3 is 19.3 Å². The van der Waals surface area contributed by atoms with Crippen molar-refractivity contribution in [3.63, 3.8) is 0 Å². The molecule has 1 aliphatic rings. The summed E-state index contributed by atoms with van der Waals surface area (Å²) >= 11 is 0. The summed E-state index contributed by atoms with van der Waals surface area (Å²) in [6, 6.07) is 16.7. The summed E-state index contributed by atoms with van der Waals surface area (Å²) in [5.74, 6) is 1.42. The van der Waals surface area contributed by atoms with Gasteiger partial charge in [-0.1, -0.05) is 29.4 Å². The van der Waals surface area contributed by atoms with Crippen LogP contribution in [0.1, 0.15) is 18.7 Å². The number of amides is 1. The first-order valence-electron chi connectivity index (χ1n) is 8.81. The summed E-state index contributed by atoms with van der Waals surface area (Å²) in [6.45, 7) is 0.844. The van der Waals surface area contributed by atoms with Crippen molar-refractivity contribution in [2.24, 2.45) is 0 Å². The molecule has 7 nitrogen and oxygen atoms in total. The third kappa shape index (κ3) is 4.32. The molecule has 27 heavy (non-hydrogen) atoms. The van der Waals surface area contributed by atoms with Crippen molar-refractivity contribution in [2.45, 2.75) is 25.6 Å². The quantitative estimate of drug-likeness (QED) is 0.720. The number of carbonyl (C=O) groups excluding carboxylic acids is 1. The predicted molar refractivity (Wildman–Crippen MR) is 98.1 cm³/mol. The summed E-state index contributed by atoms with van der Waals surface area (Å²) in [5, 5.41) is 6.81. The van der Waals surface area contributed by atoms with Crippen molar-refractivity contribution < 1.29 is 18.8 Å². The second kappa shape index (κ2) is 8.01. The second-order valence-corrected chi connectivity index (χ2v) is 6.19. The zero-order chi connectivity index (χ0) is 18.5. The van der Waals surface area contributed by atoms with E-state index in [-0.39, 0.29) is 18.6 Å². The molecule has 3 aromatic rings. The van der Waals surface area contributed by atoms with Gasteiger partial charge in [-0.2, -0.15) is 4.98 Å². The Bertz CT molecular complexity index is 904. The molecule has 0 bridgehead atoms. The lowest BCUT2D eigenvalue weighted by atomic mass is 10.2. The van der Waals surface area contributed by atoms with E-state index < -0.39 is 0 Å². The molecule has 138 valence electrons. The number of hydrogen-bond acceptors (Lipinski definition) is 6. The largest absolute Gasteiger partial charge is 0.485 e. The molecule has 1 saturated heterocycles. The Balaban J connectivity index is 1.41. The van der Waals surface area contributed by atoms with Crippen LogP contribution in [0.15, 0.2) is 59.1 Å². The molecule has 2 aromatic carbocycles. The highest BCUT2D eigenvalue weighted by molar-refractivity contribution is 5.94. The van der Waals surface area contributed by atoms with Gasteiger partial charge in [-0.3, -0.25) is 4.79 Å². The van der Waals surface area contributed by atoms with E-state index in [2.05, 4.69) is 15.5 Å². The molecule has 0 saturated carbocycles. The molecule has 0 aliphatic carbocycles. The van der Waals surface area contributed by atoms with Crippen LogP contribution in [0.2, 0.25) is 0 Å². The lowest BCUT2D eigenvalue weighted by Crippen LogP contribution is -2.26. The molecule has 0 radical (unpaired) electrons. The SMILES string of the molecule is O=C(Nc1cccc(-c2nc(COc3ccccc3)no2)c1)[C@H]1CCCO1. The Morgan fingerprint density at radius 3 is 2.89 bits per heavy atom. The van der Waals surface area contributed by atoms with Gasteiger partial charge in [0.1, 0.15) is 11.9 Å². The van der Waals surface area contributed by atoms with E-state index in [1.165, 1.54) is 0 Å². The van der Waals surface area contributed by atoms with Crippen LogP contribution >= 0.6 is 0 Å². The van der Waals surface area contributed by atoms with Gasteiger partial charge in [0.25, 0.3) is 11.8 Å². The van der Waals surface area contributed by atoms with E-state index in [0.29, 0.717) is 24.0 Å². The van der Waals surface area contributed by atoms with Crippen LogP contribution in [-0.2, 0) is 16.1 Å². The molecule has 0 unspecified atom stereocenters. The summed E-state index contributed by atoms with van der Waals surface area (Å²) < 4.78 is 16.3. The minimum atomic E-state index is -0.376. The number of para-hydroxylation sites is 1. The van der Waals surface area contributed by atoms with Crippen molar-refractivity contribution in [1.29, 1.82) is 0 Å². The predicted octanol–water partition coefficient (Wildman–Crippen LogP) is 3.43. The molecule has 1 N–H and O–H groups in total. The number of anilines is 1. The van der Waals surface area contributed by atoms with Gasteiger partial charge in [-0.15, -0.1) is 0 Å². The lowest BCUT2D eigenvalue weighted by Gasteiger charge is -2.10. The fourth-order valence-corrected chi connectivity index (χ4v) is 2.83. The second-order valence-electron chi connectivity index (χ2n) is 6.19. The number of nitrogens with one attached hydrogen (secondary N) is 1. The van der Waals surface area contributed by atoms with Crippen LogP contribution in [-0.4, -0.2) is 28.8 Å². The Kier molecular flexibility index (Phi) is 5.11. The Morgan fingerprint density at radius 2 is 2.07 bits per heavy atom. The zero-order valence-corrected chi connectivity index (χ0v) is 14.6. The molecular weight excluding hydrogens is 346 g/mol. The maximum Gasteiger partial charge on any atom is 0.258 e. The molecule has 7 heteroatoms. The first kappa shape index (κ1) is 17.2. The summed E-state index contributed by atoms with van der Waals surface area (Å²) in [4.78, 5) is 16.5. The van der Waals surface area contributed by atoms with Crippen molar-refractivity contribution in [2.75, 3.05) is 11.9 Å². The van der Waals surface area contributed by atoms with E-state index in [1.54, 1.807) is 6.07 Å². The van der Waals surface area contributed by atoms with Crippen molar-refractivity contribution in [1.82, 2.24) is 10.1 Å². The van der Waals surface area contributed by atoms with Crippen LogP contribution < -0.4 is 10.1 Å². The molecule has 1 amide bonds. The molecule has 1 fully saturated rings. The first-order valence-corrected chi connectivity index (χ1v) is 8.81. The van der Waals surface area contributed by atoms with E-state index in [9.17, 15) is 4.79 Å². The van der Waals surface area contributed by atoms with Gasteiger partial charge in [0.2, 0.25) is 5.82 Å². The summed E-state index contributed by atoms with van der Waals surface area (Å²) in [6.07, 6.45) is 1.28. The number of rotatable bonds is 6. The number of hydrogen-bond donors (Lipinski definition) is 1. The molecule has 0 spiro atoms. The number of benzene rings is 2. The van der Waals surface area contributed by atoms with Crippen LogP contribution in [0.5, 0.6) is 5.75 Å². The average molecular weight is 365 g/mol. The molecule has 1 atom stereocenters. The van der Waals surface area contributed by atoms with Gasteiger partial charge in [0.05, 0.1) is 0 Å². The first-order chi connectivity index (χ1) is 13.3. The van der Waals surface area contributed by atoms with E-state index in [0.717, 1.165) is 24.2 Å². The van der Waals surface area contributed by atoms with E-state index in [4.69, 9.17) is 14.0 Å². The van der Waals surface area contributed by atoms with Gasteiger partial charge in [0, 0.05) is 17.9 Å². The maximum atomic E-state index is 12.2. The molecule has 4 rings (SSSR count). The van der Waals surface area contributed by atoms with Gasteiger partial charge >= 0.3 is 0 Å². The highest BCUT2D eigenvalue weighted by atomic mass is 16.5. The highest BCUT2D eigenvalue weighted by Gasteiger charge is 2.23. The number of nitrogens with zero attached hydrogens (tertiary/aromatic N) is 2. The van der Waals surface area contributed by atoms with Crippen LogP contribution in [0.25, 0.3) is 11.5 Å². The smallest absolute Gasteiger partial charge is 0.258 e. The number of ether oxygens (including phenoxy) is 2. The van der Waals surface area contributed by atoms with Gasteiger partial charge in [-0.25, -0.2) is 0 Å². The maximum absolute atomic E-state index is 12.2. The zero-order valence-electron chi connectivity index (χ0n) is 14.6. The average Bonchev–Trinajstić information content (AvgIpc) is 3.40. The molecule has 2 heterocycles. The van der Waals surface area contributed by atoms with Crippen molar-refractivity contribution in [3.8, 4) is 17.2 Å². The Morgan fingerprint density at radius 1 is 1.19 bits per heavy atom.